The number of piperidine rings is 1. The third-order valence-electron chi connectivity index (χ3n) is 4.76. The summed E-state index contributed by atoms with van der Waals surface area (Å²) in [6.45, 7) is 5.93. The summed E-state index contributed by atoms with van der Waals surface area (Å²) in [5, 5.41) is 9.50. The molecule has 0 saturated carbocycles. The Morgan fingerprint density at radius 2 is 2.33 bits per heavy atom. The van der Waals surface area contributed by atoms with E-state index in [1.54, 1.807) is 17.5 Å². The molecular weight excluding hydrogens is 320 g/mol. The van der Waals surface area contributed by atoms with E-state index in [0.29, 0.717) is 24.1 Å². The van der Waals surface area contributed by atoms with Gasteiger partial charge in [0.25, 0.3) is 5.91 Å². The predicted molar refractivity (Wildman–Crippen MR) is 97.4 cm³/mol. The van der Waals surface area contributed by atoms with Crippen molar-refractivity contribution in [1.29, 1.82) is 0 Å². The number of aromatic nitrogens is 2. The Balaban J connectivity index is 1.64. The molecule has 24 heavy (non-hydrogen) atoms. The zero-order valence-corrected chi connectivity index (χ0v) is 15.4. The molecule has 6 heteroatoms. The lowest BCUT2D eigenvalue weighted by Crippen LogP contribution is -2.41. The van der Waals surface area contributed by atoms with Crippen LogP contribution in [0.2, 0.25) is 0 Å². The van der Waals surface area contributed by atoms with Gasteiger partial charge in [-0.2, -0.15) is 5.10 Å². The van der Waals surface area contributed by atoms with Gasteiger partial charge in [-0.05, 0) is 57.6 Å². The molecule has 0 aromatic carbocycles. The first-order valence-corrected chi connectivity index (χ1v) is 9.50. The van der Waals surface area contributed by atoms with Crippen LogP contribution >= 0.6 is 11.3 Å². The van der Waals surface area contributed by atoms with Crippen molar-refractivity contribution in [3.8, 4) is 0 Å². The molecule has 1 amide bonds. The van der Waals surface area contributed by atoms with Crippen molar-refractivity contribution in [2.24, 2.45) is 5.92 Å². The van der Waals surface area contributed by atoms with E-state index in [1.807, 2.05) is 10.9 Å². The van der Waals surface area contributed by atoms with E-state index >= 15 is 0 Å². The topological polar surface area (TPSA) is 50.2 Å². The molecule has 0 aliphatic carbocycles. The summed E-state index contributed by atoms with van der Waals surface area (Å²) in [4.78, 5) is 16.2. The van der Waals surface area contributed by atoms with Crippen molar-refractivity contribution in [2.45, 2.75) is 38.8 Å². The summed E-state index contributed by atoms with van der Waals surface area (Å²) >= 11 is 1.81. The average Bonchev–Trinajstić information content (AvgIpc) is 3.24. The second-order valence-corrected chi connectivity index (χ2v) is 7.84. The van der Waals surface area contributed by atoms with Gasteiger partial charge in [0.1, 0.15) is 0 Å². The van der Waals surface area contributed by atoms with Crippen molar-refractivity contribution in [2.75, 3.05) is 20.1 Å². The highest BCUT2D eigenvalue weighted by Gasteiger charge is 2.31. The lowest BCUT2D eigenvalue weighted by Gasteiger charge is -2.38. The van der Waals surface area contributed by atoms with Crippen molar-refractivity contribution in [1.82, 2.24) is 20.0 Å². The first-order valence-electron chi connectivity index (χ1n) is 8.62. The first-order chi connectivity index (χ1) is 11.6. The number of hydrogen-bond donors (Lipinski definition) is 1. The summed E-state index contributed by atoms with van der Waals surface area (Å²) in [6.07, 6.45) is 5.81. The minimum absolute atomic E-state index is 0.0277. The highest BCUT2D eigenvalue weighted by Crippen LogP contribution is 2.36. The minimum atomic E-state index is -0.0277. The molecule has 1 saturated heterocycles. The third-order valence-corrected chi connectivity index (χ3v) is 5.70. The third kappa shape index (κ3) is 3.70. The maximum absolute atomic E-state index is 12.4. The number of carbonyl (C=O) groups is 1. The van der Waals surface area contributed by atoms with Crippen molar-refractivity contribution in [3.63, 3.8) is 0 Å². The van der Waals surface area contributed by atoms with Gasteiger partial charge in [0.05, 0.1) is 11.8 Å². The fraction of sp³-hybridized carbons (Fsp3) is 0.556. The Bertz CT molecular complexity index is 664. The molecular formula is C18H26N4OS. The fourth-order valence-corrected chi connectivity index (χ4v) is 4.43. The van der Waals surface area contributed by atoms with Crippen LogP contribution in [0.25, 0.3) is 0 Å². The molecule has 0 spiro atoms. The predicted octanol–water partition coefficient (Wildman–Crippen LogP) is 3.34. The van der Waals surface area contributed by atoms with Crippen molar-refractivity contribution < 1.29 is 4.79 Å². The van der Waals surface area contributed by atoms with Gasteiger partial charge in [-0.1, -0.05) is 6.07 Å². The van der Waals surface area contributed by atoms with Crippen LogP contribution in [-0.2, 0) is 0 Å². The molecule has 5 nitrogen and oxygen atoms in total. The molecule has 1 fully saturated rings. The lowest BCUT2D eigenvalue weighted by molar-refractivity contribution is 0.0895. The lowest BCUT2D eigenvalue weighted by atomic mass is 9.88. The van der Waals surface area contributed by atoms with Gasteiger partial charge in [-0.15, -0.1) is 11.3 Å². The zero-order valence-electron chi connectivity index (χ0n) is 14.6. The van der Waals surface area contributed by atoms with E-state index in [-0.39, 0.29) is 11.9 Å². The van der Waals surface area contributed by atoms with Crippen LogP contribution in [0.1, 0.15) is 54.0 Å². The number of hydrogen-bond acceptors (Lipinski definition) is 4. The van der Waals surface area contributed by atoms with E-state index in [4.69, 9.17) is 0 Å². The van der Waals surface area contributed by atoms with Crippen molar-refractivity contribution in [3.05, 3.63) is 40.3 Å². The molecule has 0 bridgehead atoms. The second kappa shape index (κ2) is 7.49. The highest BCUT2D eigenvalue weighted by molar-refractivity contribution is 7.10. The molecule has 3 heterocycles. The molecule has 2 aromatic heterocycles. The maximum Gasteiger partial charge on any atom is 0.254 e. The molecule has 1 aliphatic rings. The number of rotatable bonds is 5. The molecule has 3 rings (SSSR count). The van der Waals surface area contributed by atoms with Crippen LogP contribution in [0.15, 0.2) is 29.9 Å². The summed E-state index contributed by atoms with van der Waals surface area (Å²) in [5.41, 5.74) is 0.639. The average molecular weight is 346 g/mol. The first kappa shape index (κ1) is 17.2. The van der Waals surface area contributed by atoms with E-state index in [9.17, 15) is 4.79 Å². The van der Waals surface area contributed by atoms with Gasteiger partial charge >= 0.3 is 0 Å². The Kier molecular flexibility index (Phi) is 5.36. The van der Waals surface area contributed by atoms with Gasteiger partial charge in [0, 0.05) is 29.7 Å². The largest absolute Gasteiger partial charge is 0.352 e. The maximum atomic E-state index is 12.4. The van der Waals surface area contributed by atoms with Crippen LogP contribution < -0.4 is 5.32 Å². The van der Waals surface area contributed by atoms with Crippen LogP contribution in [0.4, 0.5) is 0 Å². The van der Waals surface area contributed by atoms with Gasteiger partial charge in [-0.25, -0.2) is 0 Å². The number of likely N-dealkylation sites (tertiary alicyclic amines) is 1. The smallest absolute Gasteiger partial charge is 0.254 e. The van der Waals surface area contributed by atoms with E-state index in [1.165, 1.54) is 11.3 Å². The number of thiophene rings is 1. The number of nitrogens with one attached hydrogen (secondary N) is 1. The van der Waals surface area contributed by atoms with Crippen LogP contribution in [0.5, 0.6) is 0 Å². The van der Waals surface area contributed by atoms with Gasteiger partial charge < -0.3 is 5.32 Å². The summed E-state index contributed by atoms with van der Waals surface area (Å²) in [5.74, 6) is 0.423. The normalized spacial score (nSPS) is 22.0. The Labute approximate surface area is 147 Å². The van der Waals surface area contributed by atoms with Crippen molar-refractivity contribution >= 4 is 17.2 Å². The number of nitrogens with zero attached hydrogens (tertiary/aromatic N) is 3. The summed E-state index contributed by atoms with van der Waals surface area (Å²) in [6, 6.07) is 4.98. The van der Waals surface area contributed by atoms with Gasteiger partial charge in [-0.3, -0.25) is 14.4 Å². The minimum Gasteiger partial charge on any atom is -0.352 e. The van der Waals surface area contributed by atoms with Gasteiger partial charge in [0.2, 0.25) is 0 Å². The van der Waals surface area contributed by atoms with Crippen LogP contribution in [0.3, 0.4) is 0 Å². The zero-order chi connectivity index (χ0) is 17.1. The van der Waals surface area contributed by atoms with E-state index in [2.05, 4.69) is 53.7 Å². The Hall–Kier alpha value is -1.66. The van der Waals surface area contributed by atoms with Crippen LogP contribution in [0, 0.1) is 5.92 Å². The highest BCUT2D eigenvalue weighted by atomic mass is 32.1. The standard InChI is InChI=1S/C18H26N4OS/c1-13(2)22-12-15(11-20-22)18(23)19-10-14-6-4-8-21(3)17(14)16-7-5-9-24-16/h5,7,9,11-14,17H,4,6,8,10H2,1-3H3,(H,19,23). The summed E-state index contributed by atoms with van der Waals surface area (Å²) in [7, 11) is 2.19. The molecule has 1 N–H and O–H groups in total. The van der Waals surface area contributed by atoms with E-state index in [0.717, 1.165) is 13.0 Å². The molecule has 1 aliphatic heterocycles. The Morgan fingerprint density at radius 1 is 1.50 bits per heavy atom. The molecule has 0 radical (unpaired) electrons. The second-order valence-electron chi connectivity index (χ2n) is 6.86. The molecule has 130 valence electrons. The number of carbonyl (C=O) groups excluding carboxylic acids is 1. The molecule has 2 aromatic rings. The monoisotopic (exact) mass is 346 g/mol. The molecule has 2 unspecified atom stereocenters. The number of amides is 1. The molecule has 2 atom stereocenters. The van der Waals surface area contributed by atoms with E-state index < -0.39 is 0 Å². The Morgan fingerprint density at radius 3 is 3.00 bits per heavy atom. The van der Waals surface area contributed by atoms with Crippen LogP contribution in [-0.4, -0.2) is 40.7 Å². The van der Waals surface area contributed by atoms with Gasteiger partial charge in [0.15, 0.2) is 0 Å². The SMILES string of the molecule is CC(C)n1cc(C(=O)NCC2CCCN(C)C2c2cccs2)cn1. The fourth-order valence-electron chi connectivity index (χ4n) is 3.45. The quantitative estimate of drug-likeness (QED) is 0.903. The summed E-state index contributed by atoms with van der Waals surface area (Å²) < 4.78 is 1.82.